The zero-order valence-electron chi connectivity index (χ0n) is 6.68. The average molecular weight is 175 g/mol. The summed E-state index contributed by atoms with van der Waals surface area (Å²) in [4.78, 5) is 4.41. The number of rotatable bonds is 1. The highest BCUT2D eigenvalue weighted by atomic mass is 32.2. The fraction of sp³-hybridized carbons (Fsp3) is 0.857. The zero-order chi connectivity index (χ0) is 7.61. The first-order valence-corrected chi connectivity index (χ1v) is 5.56. The number of aliphatic imine (C=N–C) groups is 1. The van der Waals surface area contributed by atoms with Crippen LogP contribution in [0.2, 0.25) is 0 Å². The van der Waals surface area contributed by atoms with E-state index in [1.807, 2.05) is 23.5 Å². The molecule has 10 heavy (non-hydrogen) atoms. The monoisotopic (exact) mass is 175 g/mol. The fourth-order valence-corrected chi connectivity index (χ4v) is 2.35. The van der Waals surface area contributed by atoms with E-state index in [9.17, 15) is 0 Å². The highest BCUT2D eigenvalue weighted by Gasteiger charge is 2.25. The molecule has 1 atom stereocenters. The van der Waals surface area contributed by atoms with Crippen LogP contribution >= 0.6 is 23.5 Å². The first-order valence-electron chi connectivity index (χ1n) is 3.35. The van der Waals surface area contributed by atoms with Crippen molar-refractivity contribution < 1.29 is 0 Å². The summed E-state index contributed by atoms with van der Waals surface area (Å²) in [6.07, 6.45) is 2.16. The zero-order valence-corrected chi connectivity index (χ0v) is 8.31. The van der Waals surface area contributed by atoms with Gasteiger partial charge in [0.05, 0.1) is 11.6 Å². The normalized spacial score (nSPS) is 33.7. The lowest BCUT2D eigenvalue weighted by atomic mass is 10.2. The Labute approximate surface area is 71.1 Å². The van der Waals surface area contributed by atoms with Crippen molar-refractivity contribution in [2.45, 2.75) is 18.6 Å². The molecule has 0 radical (unpaired) electrons. The molecule has 0 saturated heterocycles. The Hall–Kier alpha value is 0.370. The average Bonchev–Trinajstić information content (AvgIpc) is 1.96. The van der Waals surface area contributed by atoms with Crippen molar-refractivity contribution in [3.05, 3.63) is 0 Å². The summed E-state index contributed by atoms with van der Waals surface area (Å²) in [5.74, 6) is 1.21. The summed E-state index contributed by atoms with van der Waals surface area (Å²) in [7, 11) is 0. The predicted octanol–water partition coefficient (Wildman–Crippen LogP) is 2.27. The van der Waals surface area contributed by atoms with Crippen molar-refractivity contribution >= 4 is 28.6 Å². The van der Waals surface area contributed by atoms with Crippen LogP contribution in [-0.2, 0) is 0 Å². The van der Waals surface area contributed by atoms with Crippen LogP contribution in [0, 0.1) is 0 Å². The molecule has 0 N–H and O–H groups in total. The van der Waals surface area contributed by atoms with Crippen molar-refractivity contribution in [1.29, 1.82) is 0 Å². The molecule has 1 nitrogen and oxygen atoms in total. The first kappa shape index (κ1) is 8.47. The van der Waals surface area contributed by atoms with Crippen molar-refractivity contribution in [3.8, 4) is 0 Å². The Balaban J connectivity index is 2.56. The molecule has 0 aliphatic carbocycles. The Morgan fingerprint density at radius 2 is 2.40 bits per heavy atom. The lowest BCUT2D eigenvalue weighted by Crippen LogP contribution is -2.30. The van der Waals surface area contributed by atoms with Gasteiger partial charge in [-0.25, -0.2) is 0 Å². The van der Waals surface area contributed by atoms with Crippen LogP contribution in [0.5, 0.6) is 0 Å². The van der Waals surface area contributed by atoms with Crippen LogP contribution < -0.4 is 0 Å². The summed E-state index contributed by atoms with van der Waals surface area (Å²) in [6, 6.07) is 0. The third kappa shape index (κ3) is 1.92. The Kier molecular flexibility index (Phi) is 2.69. The smallest absolute Gasteiger partial charge is 0.0646 e. The van der Waals surface area contributed by atoms with Crippen molar-refractivity contribution in [3.63, 3.8) is 0 Å². The Bertz CT molecular complexity index is 156. The van der Waals surface area contributed by atoms with Gasteiger partial charge in [-0.1, -0.05) is 0 Å². The lowest BCUT2D eigenvalue weighted by molar-refractivity contribution is 0.734. The molecule has 1 rings (SSSR count). The van der Waals surface area contributed by atoms with Gasteiger partial charge >= 0.3 is 0 Å². The van der Waals surface area contributed by atoms with Gasteiger partial charge in [-0.05, 0) is 20.1 Å². The van der Waals surface area contributed by atoms with Crippen molar-refractivity contribution in [1.82, 2.24) is 0 Å². The van der Waals surface area contributed by atoms with Gasteiger partial charge in [0, 0.05) is 10.5 Å². The number of hydrogen-bond donors (Lipinski definition) is 0. The van der Waals surface area contributed by atoms with Crippen LogP contribution in [-0.4, -0.2) is 28.3 Å². The third-order valence-electron chi connectivity index (χ3n) is 1.72. The number of hydrogen-bond acceptors (Lipinski definition) is 3. The van der Waals surface area contributed by atoms with E-state index in [1.54, 1.807) is 0 Å². The van der Waals surface area contributed by atoms with Gasteiger partial charge in [0.25, 0.3) is 0 Å². The maximum atomic E-state index is 4.41. The Morgan fingerprint density at radius 3 is 2.80 bits per heavy atom. The van der Waals surface area contributed by atoms with Crippen LogP contribution in [0.1, 0.15) is 13.8 Å². The Morgan fingerprint density at radius 1 is 1.70 bits per heavy atom. The number of nitrogens with zero attached hydrogens (tertiary/aromatic N) is 1. The van der Waals surface area contributed by atoms with E-state index in [4.69, 9.17) is 0 Å². The van der Waals surface area contributed by atoms with Gasteiger partial charge in [0.1, 0.15) is 0 Å². The second-order valence-corrected chi connectivity index (χ2v) is 5.34. The lowest BCUT2D eigenvalue weighted by Gasteiger charge is -2.28. The molecular weight excluding hydrogens is 162 g/mol. The summed E-state index contributed by atoms with van der Waals surface area (Å²) in [5.41, 5.74) is 0. The molecule has 0 fully saturated rings. The van der Waals surface area contributed by atoms with Crippen LogP contribution in [0.3, 0.4) is 0 Å². The summed E-state index contributed by atoms with van der Waals surface area (Å²) < 4.78 is 0.393. The molecule has 1 aliphatic rings. The second kappa shape index (κ2) is 3.18. The largest absolute Gasteiger partial charge is 0.282 e. The van der Waals surface area contributed by atoms with E-state index in [0.717, 1.165) is 6.54 Å². The highest BCUT2D eigenvalue weighted by Crippen LogP contribution is 2.31. The van der Waals surface area contributed by atoms with Crippen LogP contribution in [0.25, 0.3) is 0 Å². The van der Waals surface area contributed by atoms with E-state index in [0.29, 0.717) is 4.75 Å². The van der Waals surface area contributed by atoms with Crippen LogP contribution in [0.4, 0.5) is 0 Å². The molecule has 0 aromatic rings. The standard InChI is InChI=1S/C7H13NS2/c1-6-8-4-7(2,9-3)5-10-6/h4-5H2,1-3H3. The predicted molar refractivity (Wildman–Crippen MR) is 52.4 cm³/mol. The molecule has 1 unspecified atom stereocenters. The van der Waals surface area contributed by atoms with Gasteiger partial charge in [0.15, 0.2) is 0 Å². The summed E-state index contributed by atoms with van der Waals surface area (Å²) in [6.45, 7) is 5.36. The van der Waals surface area contributed by atoms with E-state index in [1.165, 1.54) is 10.8 Å². The fourth-order valence-electron chi connectivity index (χ4n) is 0.750. The van der Waals surface area contributed by atoms with Gasteiger partial charge in [-0.2, -0.15) is 11.8 Å². The maximum absolute atomic E-state index is 4.41. The SMILES string of the molecule is CSC1(C)CN=C(C)SC1. The maximum Gasteiger partial charge on any atom is 0.0646 e. The summed E-state index contributed by atoms with van der Waals surface area (Å²) in [5, 5.41) is 1.24. The van der Waals surface area contributed by atoms with Crippen molar-refractivity contribution in [2.24, 2.45) is 4.99 Å². The second-order valence-electron chi connectivity index (χ2n) is 2.78. The minimum absolute atomic E-state index is 0.393. The van der Waals surface area contributed by atoms with Gasteiger partial charge in [-0.3, -0.25) is 4.99 Å². The van der Waals surface area contributed by atoms with Gasteiger partial charge in [0.2, 0.25) is 0 Å². The first-order chi connectivity index (χ1) is 4.66. The number of thioether (sulfide) groups is 2. The third-order valence-corrected chi connectivity index (χ3v) is 4.49. The molecule has 0 saturated carbocycles. The van der Waals surface area contributed by atoms with Crippen LogP contribution in [0.15, 0.2) is 4.99 Å². The van der Waals surface area contributed by atoms with E-state index in [2.05, 4.69) is 25.1 Å². The van der Waals surface area contributed by atoms with Gasteiger partial charge in [-0.15, -0.1) is 11.8 Å². The minimum atomic E-state index is 0.393. The quantitative estimate of drug-likeness (QED) is 0.606. The molecule has 58 valence electrons. The molecule has 0 amide bonds. The minimum Gasteiger partial charge on any atom is -0.282 e. The molecule has 1 aliphatic heterocycles. The molecule has 0 aromatic heterocycles. The molecule has 0 spiro atoms. The molecular formula is C7H13NS2. The topological polar surface area (TPSA) is 12.4 Å². The van der Waals surface area contributed by atoms with E-state index < -0.39 is 0 Å². The molecule has 1 heterocycles. The van der Waals surface area contributed by atoms with E-state index in [-0.39, 0.29) is 0 Å². The van der Waals surface area contributed by atoms with E-state index >= 15 is 0 Å². The van der Waals surface area contributed by atoms with Crippen molar-refractivity contribution in [2.75, 3.05) is 18.6 Å². The molecule has 0 bridgehead atoms. The highest BCUT2D eigenvalue weighted by molar-refractivity contribution is 8.14. The van der Waals surface area contributed by atoms with Gasteiger partial charge < -0.3 is 0 Å². The molecule has 0 aromatic carbocycles. The molecule has 3 heteroatoms. The summed E-state index contributed by atoms with van der Waals surface area (Å²) >= 11 is 3.80.